The lowest BCUT2D eigenvalue weighted by molar-refractivity contribution is -0.138. The van der Waals surface area contributed by atoms with Gasteiger partial charge in [-0.2, -0.15) is 13.2 Å². The van der Waals surface area contributed by atoms with Crippen molar-refractivity contribution in [2.75, 3.05) is 24.7 Å². The summed E-state index contributed by atoms with van der Waals surface area (Å²) in [5, 5.41) is 5.25. The zero-order valence-corrected chi connectivity index (χ0v) is 20.9. The average Bonchev–Trinajstić information content (AvgIpc) is 3.69. The molecule has 0 aliphatic heterocycles. The lowest BCUT2D eigenvalue weighted by atomic mass is 10.1. The minimum atomic E-state index is -4.54. The second kappa shape index (κ2) is 11.5. The molecule has 1 aromatic heterocycles. The van der Waals surface area contributed by atoms with Gasteiger partial charge in [-0.1, -0.05) is 18.2 Å². The molecule has 0 spiro atoms. The van der Waals surface area contributed by atoms with Gasteiger partial charge in [0.25, 0.3) is 0 Å². The summed E-state index contributed by atoms with van der Waals surface area (Å²) in [4.78, 5) is 30.1. The van der Waals surface area contributed by atoms with E-state index < -0.39 is 17.6 Å². The Balaban J connectivity index is 1.40. The van der Waals surface area contributed by atoms with E-state index in [9.17, 15) is 22.8 Å². The zero-order valence-electron chi connectivity index (χ0n) is 20.9. The maximum absolute atomic E-state index is 13.5. The SMILES string of the molecule is CN(C)Cc1ccc(NC(=O)/C=C/c2cccc(Oc3ccnc(NC(=O)C4CC4)c3)c2)cc1C(F)(F)F. The Morgan fingerprint density at radius 1 is 1.05 bits per heavy atom. The van der Waals surface area contributed by atoms with Crippen molar-refractivity contribution in [1.82, 2.24) is 9.88 Å². The number of carbonyl (C=O) groups excluding carboxylic acids is 2. The van der Waals surface area contributed by atoms with Crippen molar-refractivity contribution in [2.24, 2.45) is 5.92 Å². The average molecular weight is 525 g/mol. The van der Waals surface area contributed by atoms with Crippen LogP contribution in [0.15, 0.2) is 66.9 Å². The molecule has 1 heterocycles. The van der Waals surface area contributed by atoms with Gasteiger partial charge in [0.2, 0.25) is 11.8 Å². The first-order chi connectivity index (χ1) is 18.1. The van der Waals surface area contributed by atoms with Crippen molar-refractivity contribution in [3.63, 3.8) is 0 Å². The van der Waals surface area contributed by atoms with Crippen LogP contribution in [0.3, 0.4) is 0 Å². The van der Waals surface area contributed by atoms with E-state index >= 15 is 0 Å². The number of anilines is 2. The number of halogens is 3. The fourth-order valence-electron chi connectivity index (χ4n) is 3.69. The van der Waals surface area contributed by atoms with Crippen molar-refractivity contribution >= 4 is 29.4 Å². The number of ether oxygens (including phenoxy) is 1. The number of pyridine rings is 1. The molecule has 0 atom stereocenters. The molecule has 7 nitrogen and oxygen atoms in total. The number of benzene rings is 2. The van der Waals surface area contributed by atoms with Crippen molar-refractivity contribution in [3.05, 3.63) is 83.6 Å². The normalized spacial score (nSPS) is 13.5. The van der Waals surface area contributed by atoms with Gasteiger partial charge in [0.1, 0.15) is 17.3 Å². The standard InChI is InChI=1S/C28H27F3N4O3/c1-35(2)17-20-9-10-21(15-24(20)28(29,30)31)33-26(36)11-6-18-4-3-5-22(14-18)38-23-12-13-32-25(16-23)34-27(37)19-7-8-19/h3-6,9-16,19H,7-8,17H2,1-2H3,(H,33,36)(H,32,34,37)/b11-6+. The molecular weight excluding hydrogens is 497 g/mol. The summed E-state index contributed by atoms with van der Waals surface area (Å²) in [6.07, 6.45) is 1.53. The molecule has 198 valence electrons. The van der Waals surface area contributed by atoms with Gasteiger partial charge in [0.15, 0.2) is 0 Å². The van der Waals surface area contributed by atoms with Gasteiger partial charge in [0, 0.05) is 36.5 Å². The van der Waals surface area contributed by atoms with Crippen LogP contribution in [0.4, 0.5) is 24.7 Å². The summed E-state index contributed by atoms with van der Waals surface area (Å²) >= 11 is 0. The Morgan fingerprint density at radius 3 is 2.53 bits per heavy atom. The first-order valence-electron chi connectivity index (χ1n) is 12.0. The highest BCUT2D eigenvalue weighted by Crippen LogP contribution is 2.34. The van der Waals surface area contributed by atoms with Crippen LogP contribution in [0.1, 0.15) is 29.5 Å². The quantitative estimate of drug-likeness (QED) is 0.338. The molecule has 0 radical (unpaired) electrons. The maximum atomic E-state index is 13.5. The Bertz CT molecular complexity index is 1350. The second-order valence-corrected chi connectivity index (χ2v) is 9.24. The van der Waals surface area contributed by atoms with Crippen LogP contribution in [0.2, 0.25) is 0 Å². The summed E-state index contributed by atoms with van der Waals surface area (Å²) in [5.74, 6) is 0.786. The molecular formula is C28H27F3N4O3. The number of rotatable bonds is 9. The van der Waals surface area contributed by atoms with Crippen molar-refractivity contribution in [1.29, 1.82) is 0 Å². The highest BCUT2D eigenvalue weighted by Gasteiger charge is 2.33. The lowest BCUT2D eigenvalue weighted by Crippen LogP contribution is -2.17. The topological polar surface area (TPSA) is 83.6 Å². The fourth-order valence-corrected chi connectivity index (χ4v) is 3.69. The number of carbonyl (C=O) groups is 2. The zero-order chi connectivity index (χ0) is 27.3. The van der Waals surface area contributed by atoms with Crippen LogP contribution >= 0.6 is 0 Å². The predicted octanol–water partition coefficient (Wildman–Crippen LogP) is 5.95. The van der Waals surface area contributed by atoms with E-state index in [1.54, 1.807) is 55.4 Å². The molecule has 2 aromatic carbocycles. The van der Waals surface area contributed by atoms with Crippen LogP contribution < -0.4 is 15.4 Å². The summed E-state index contributed by atoms with van der Waals surface area (Å²) in [7, 11) is 3.37. The Hall–Kier alpha value is -4.18. The smallest absolute Gasteiger partial charge is 0.416 e. The van der Waals surface area contributed by atoms with Gasteiger partial charge < -0.3 is 20.3 Å². The molecule has 4 rings (SSSR count). The second-order valence-electron chi connectivity index (χ2n) is 9.24. The van der Waals surface area contributed by atoms with E-state index in [4.69, 9.17) is 4.74 Å². The lowest BCUT2D eigenvalue weighted by Gasteiger charge is -2.17. The molecule has 3 aromatic rings. The van der Waals surface area contributed by atoms with E-state index in [0.717, 1.165) is 18.9 Å². The van der Waals surface area contributed by atoms with Crippen LogP contribution in [0.5, 0.6) is 11.5 Å². The monoisotopic (exact) mass is 524 g/mol. The van der Waals surface area contributed by atoms with E-state index in [1.807, 2.05) is 0 Å². The summed E-state index contributed by atoms with van der Waals surface area (Å²) < 4.78 is 46.4. The van der Waals surface area contributed by atoms with E-state index in [0.29, 0.717) is 22.9 Å². The van der Waals surface area contributed by atoms with E-state index in [1.165, 1.54) is 30.5 Å². The molecule has 1 fully saturated rings. The molecule has 2 N–H and O–H groups in total. The fraction of sp³-hybridized carbons (Fsp3) is 0.250. The third-order valence-corrected chi connectivity index (χ3v) is 5.62. The molecule has 0 bridgehead atoms. The first kappa shape index (κ1) is 26.9. The largest absolute Gasteiger partial charge is 0.457 e. The third kappa shape index (κ3) is 7.66. The molecule has 1 aliphatic carbocycles. The van der Waals surface area contributed by atoms with Crippen molar-refractivity contribution in [2.45, 2.75) is 25.6 Å². The number of nitrogens with one attached hydrogen (secondary N) is 2. The number of hydrogen-bond donors (Lipinski definition) is 2. The van der Waals surface area contributed by atoms with Gasteiger partial charge in [-0.3, -0.25) is 9.59 Å². The van der Waals surface area contributed by atoms with Gasteiger partial charge >= 0.3 is 6.18 Å². The minimum Gasteiger partial charge on any atom is -0.457 e. The van der Waals surface area contributed by atoms with Gasteiger partial charge in [-0.15, -0.1) is 0 Å². The Morgan fingerprint density at radius 2 is 1.82 bits per heavy atom. The summed E-state index contributed by atoms with van der Waals surface area (Å²) in [6.45, 7) is 0.122. The van der Waals surface area contributed by atoms with Gasteiger partial charge in [0.05, 0.1) is 5.56 Å². The number of hydrogen-bond acceptors (Lipinski definition) is 5. The number of amides is 2. The summed E-state index contributed by atoms with van der Waals surface area (Å²) in [5.41, 5.74) is 0.0313. The molecule has 1 aliphatic rings. The van der Waals surface area contributed by atoms with E-state index in [-0.39, 0.29) is 29.6 Å². The van der Waals surface area contributed by atoms with Crippen molar-refractivity contribution in [3.8, 4) is 11.5 Å². The van der Waals surface area contributed by atoms with Crippen molar-refractivity contribution < 1.29 is 27.5 Å². The molecule has 0 saturated heterocycles. The Kier molecular flexibility index (Phi) is 8.11. The van der Waals surface area contributed by atoms with Crippen LogP contribution in [0, 0.1) is 5.92 Å². The van der Waals surface area contributed by atoms with Crippen LogP contribution in [-0.2, 0) is 22.3 Å². The molecule has 1 saturated carbocycles. The number of nitrogens with zero attached hydrogens (tertiary/aromatic N) is 2. The van der Waals surface area contributed by atoms with Gasteiger partial charge in [-0.05, 0) is 74.5 Å². The maximum Gasteiger partial charge on any atom is 0.416 e. The molecule has 0 unspecified atom stereocenters. The first-order valence-corrected chi connectivity index (χ1v) is 12.0. The Labute approximate surface area is 218 Å². The highest BCUT2D eigenvalue weighted by atomic mass is 19.4. The van der Waals surface area contributed by atoms with Crippen LogP contribution in [-0.4, -0.2) is 35.8 Å². The highest BCUT2D eigenvalue weighted by molar-refractivity contribution is 6.02. The molecule has 2 amide bonds. The summed E-state index contributed by atoms with van der Waals surface area (Å²) in [6, 6.07) is 13.9. The minimum absolute atomic E-state index is 0.0498. The van der Waals surface area contributed by atoms with E-state index in [2.05, 4.69) is 15.6 Å². The predicted molar refractivity (Wildman–Crippen MR) is 139 cm³/mol. The number of aromatic nitrogens is 1. The molecule has 10 heteroatoms. The number of alkyl halides is 3. The van der Waals surface area contributed by atoms with Gasteiger partial charge in [-0.25, -0.2) is 4.98 Å². The van der Waals surface area contributed by atoms with Crippen LogP contribution in [0.25, 0.3) is 6.08 Å². The molecule has 38 heavy (non-hydrogen) atoms. The third-order valence-electron chi connectivity index (χ3n) is 5.62.